The number of carbonyl (C=O) groups is 4. The Morgan fingerprint density at radius 2 is 1.48 bits per heavy atom. The van der Waals surface area contributed by atoms with Gasteiger partial charge in [0.1, 0.15) is 41.0 Å². The standard InChI is InChI=1S/C56H64FN9O9/c1-30(2)47(62-54(69)71-5)51(67)64-18-7-11-41(64)50-59-29-39(61-50)35-23-37(57)46-43-24-36-22-32(15-16-40(36)66(43)53(75-45(46)26-35)33-14-13-31-10-9-20-73-44(31)25-33)38-28-58-49(60-38)42-12-8-19-65(42)52(68)48(63-55(70)72-6)34-17-21-74-56(3,4)27-34/h13-16,22-26,28-30,34,41-42,47-48,53H,7-12,17-21,27H2,1-6H3,(H,58,60)(H,59,61)(H,62,69)(H,63,70)/t34?,41-,42-,47?,48?,53?/m0/s1. The van der Waals surface area contributed by atoms with Gasteiger partial charge in [-0.1, -0.05) is 32.0 Å². The average Bonchev–Trinajstić information content (AvgIpc) is 4.29. The first-order chi connectivity index (χ1) is 36.2. The van der Waals surface area contributed by atoms with Crippen LogP contribution >= 0.6 is 0 Å². The van der Waals surface area contributed by atoms with Crippen molar-refractivity contribution in [3.8, 4) is 45.3 Å². The predicted molar refractivity (Wildman–Crippen MR) is 275 cm³/mol. The Morgan fingerprint density at radius 1 is 0.787 bits per heavy atom. The van der Waals surface area contributed by atoms with Gasteiger partial charge in [0.2, 0.25) is 18.0 Å². The molecule has 5 aliphatic heterocycles. The molecule has 75 heavy (non-hydrogen) atoms. The highest BCUT2D eigenvalue weighted by atomic mass is 19.1. The molecule has 394 valence electrons. The summed E-state index contributed by atoms with van der Waals surface area (Å²) in [6.45, 7) is 9.87. The first kappa shape index (κ1) is 49.8. The molecule has 6 aromatic rings. The summed E-state index contributed by atoms with van der Waals surface area (Å²) < 4.78 is 47.9. The summed E-state index contributed by atoms with van der Waals surface area (Å²) in [7, 11) is 2.57. The van der Waals surface area contributed by atoms with Crippen LogP contribution in [0.4, 0.5) is 14.0 Å². The van der Waals surface area contributed by atoms with Crippen molar-refractivity contribution >= 4 is 34.9 Å². The molecule has 3 aromatic heterocycles. The Kier molecular flexibility index (Phi) is 13.3. The number of benzene rings is 3. The van der Waals surface area contributed by atoms with Crippen LogP contribution in [0, 0.1) is 17.7 Å². The normalized spacial score (nSPS) is 21.6. The third kappa shape index (κ3) is 9.44. The van der Waals surface area contributed by atoms with Gasteiger partial charge in [0.05, 0.1) is 79.1 Å². The molecule has 18 nitrogen and oxygen atoms in total. The second-order valence-electron chi connectivity index (χ2n) is 21.4. The molecule has 8 heterocycles. The van der Waals surface area contributed by atoms with Gasteiger partial charge in [-0.25, -0.2) is 23.9 Å². The van der Waals surface area contributed by atoms with E-state index in [1.165, 1.54) is 20.3 Å². The van der Waals surface area contributed by atoms with Crippen molar-refractivity contribution in [1.82, 2.24) is 44.9 Å². The molecule has 4 N–H and O–H groups in total. The summed E-state index contributed by atoms with van der Waals surface area (Å²) >= 11 is 0. The van der Waals surface area contributed by atoms with Gasteiger partial charge < -0.3 is 58.7 Å². The molecule has 0 aliphatic carbocycles. The first-order valence-corrected chi connectivity index (χ1v) is 26.1. The highest BCUT2D eigenvalue weighted by molar-refractivity contribution is 5.93. The largest absolute Gasteiger partial charge is 0.493 e. The lowest BCUT2D eigenvalue weighted by Gasteiger charge is -2.40. The number of imidazole rings is 2. The maximum absolute atomic E-state index is 17.1. The van der Waals surface area contributed by atoms with E-state index in [2.05, 4.69) is 38.8 Å². The van der Waals surface area contributed by atoms with Crippen LogP contribution in [-0.4, -0.2) is 117 Å². The van der Waals surface area contributed by atoms with Crippen molar-refractivity contribution < 1.29 is 47.3 Å². The third-order valence-electron chi connectivity index (χ3n) is 15.7. The number of aromatic amines is 2. The summed E-state index contributed by atoms with van der Waals surface area (Å²) in [6.07, 6.45) is 7.39. The lowest BCUT2D eigenvalue weighted by molar-refractivity contribution is -0.139. The van der Waals surface area contributed by atoms with E-state index in [-0.39, 0.29) is 35.7 Å². The number of halogens is 1. The van der Waals surface area contributed by atoms with Crippen LogP contribution in [0.5, 0.6) is 11.5 Å². The van der Waals surface area contributed by atoms with Gasteiger partial charge in [0.15, 0.2) is 0 Å². The zero-order valence-electron chi connectivity index (χ0n) is 43.2. The van der Waals surface area contributed by atoms with Crippen LogP contribution in [0.3, 0.4) is 0 Å². The Balaban J connectivity index is 0.908. The predicted octanol–water partition coefficient (Wildman–Crippen LogP) is 9.13. The molecule has 4 amide bonds. The SMILES string of the molecule is COC(=O)NC(C(=O)N1CCC[C@H]1c1ncc(-c2cc(F)c3c(c2)OC(c2ccc4c(c2)OCCC4)n2c-3cc3cc(-c4cnc([C@@H]5CCCN5C(=O)C(NC(=O)OC)C5CCOC(C)(C)C5)[nH]4)ccc32)[nH]1)C(C)C. The fourth-order valence-electron chi connectivity index (χ4n) is 12.0. The summed E-state index contributed by atoms with van der Waals surface area (Å²) in [4.78, 5) is 73.2. The molecule has 6 atom stereocenters. The number of amides is 4. The number of carbonyl (C=O) groups excluding carboxylic acids is 4. The number of nitrogens with one attached hydrogen (secondary N) is 4. The van der Waals surface area contributed by atoms with E-state index in [0.29, 0.717) is 91.9 Å². The van der Waals surface area contributed by atoms with Crippen LogP contribution in [0.2, 0.25) is 0 Å². The molecule has 0 radical (unpaired) electrons. The van der Waals surface area contributed by atoms with E-state index >= 15 is 4.39 Å². The van der Waals surface area contributed by atoms with Crippen molar-refractivity contribution in [2.75, 3.05) is 40.5 Å². The van der Waals surface area contributed by atoms with Crippen molar-refractivity contribution in [1.29, 1.82) is 0 Å². The number of fused-ring (bicyclic) bond motifs is 6. The van der Waals surface area contributed by atoms with Gasteiger partial charge in [0, 0.05) is 41.8 Å². The van der Waals surface area contributed by atoms with Crippen LogP contribution in [-0.2, 0) is 30.2 Å². The summed E-state index contributed by atoms with van der Waals surface area (Å²) in [5.41, 5.74) is 5.98. The van der Waals surface area contributed by atoms with E-state index < -0.39 is 41.9 Å². The fourth-order valence-corrected chi connectivity index (χ4v) is 12.0. The van der Waals surface area contributed by atoms with Gasteiger partial charge in [-0.15, -0.1) is 0 Å². The molecule has 0 saturated carbocycles. The average molecular weight is 1030 g/mol. The lowest BCUT2D eigenvalue weighted by atomic mass is 9.82. The van der Waals surface area contributed by atoms with E-state index in [4.69, 9.17) is 33.7 Å². The van der Waals surface area contributed by atoms with Crippen molar-refractivity contribution in [3.05, 3.63) is 95.6 Å². The molecular formula is C56H64FN9O9. The molecule has 5 aliphatic rings. The number of H-pyrrole nitrogens is 2. The number of aromatic nitrogens is 5. The Bertz CT molecular complexity index is 3180. The van der Waals surface area contributed by atoms with Gasteiger partial charge >= 0.3 is 12.2 Å². The second kappa shape index (κ2) is 20.0. The minimum Gasteiger partial charge on any atom is -0.493 e. The van der Waals surface area contributed by atoms with Gasteiger partial charge in [0.25, 0.3) is 0 Å². The van der Waals surface area contributed by atoms with Crippen molar-refractivity contribution in [2.24, 2.45) is 11.8 Å². The zero-order chi connectivity index (χ0) is 52.3. The monoisotopic (exact) mass is 1030 g/mol. The maximum Gasteiger partial charge on any atom is 0.407 e. The molecule has 3 fully saturated rings. The molecule has 19 heteroatoms. The van der Waals surface area contributed by atoms with E-state index in [9.17, 15) is 19.2 Å². The molecule has 3 aromatic carbocycles. The number of hydrogen-bond donors (Lipinski definition) is 4. The molecule has 11 rings (SSSR count). The topological polar surface area (TPSA) is 207 Å². The Morgan fingerprint density at radius 3 is 2.17 bits per heavy atom. The zero-order valence-corrected chi connectivity index (χ0v) is 43.2. The quantitative estimate of drug-likeness (QED) is 0.0963. The maximum atomic E-state index is 17.1. The van der Waals surface area contributed by atoms with E-state index in [0.717, 1.165) is 64.7 Å². The van der Waals surface area contributed by atoms with E-state index in [1.807, 2.05) is 67.5 Å². The highest BCUT2D eigenvalue weighted by Gasteiger charge is 2.43. The first-order valence-electron chi connectivity index (χ1n) is 26.1. The lowest BCUT2D eigenvalue weighted by Crippen LogP contribution is -2.54. The number of rotatable bonds is 11. The summed E-state index contributed by atoms with van der Waals surface area (Å²) in [6, 6.07) is 15.3. The number of methoxy groups -OCH3 is 2. The van der Waals surface area contributed by atoms with Gasteiger partial charge in [-0.3, -0.25) is 9.59 Å². The molecule has 0 spiro atoms. The minimum atomic E-state index is -0.782. The Labute approximate surface area is 434 Å². The van der Waals surface area contributed by atoms with Crippen LogP contribution in [0.25, 0.3) is 44.7 Å². The number of hydrogen-bond acceptors (Lipinski definition) is 11. The molecule has 4 unspecified atom stereocenters. The van der Waals surface area contributed by atoms with Crippen LogP contribution in [0.1, 0.15) is 114 Å². The summed E-state index contributed by atoms with van der Waals surface area (Å²) in [5.74, 6) is 1.17. The number of nitrogens with zero attached hydrogens (tertiary/aromatic N) is 5. The minimum absolute atomic E-state index is 0.136. The highest BCUT2D eigenvalue weighted by Crippen LogP contribution is 2.48. The smallest absolute Gasteiger partial charge is 0.407 e. The van der Waals surface area contributed by atoms with Crippen LogP contribution in [0.15, 0.2) is 67.0 Å². The number of ether oxygens (including phenoxy) is 5. The third-order valence-corrected chi connectivity index (χ3v) is 15.7. The van der Waals surface area contributed by atoms with Gasteiger partial charge in [-0.05, 0) is 119 Å². The van der Waals surface area contributed by atoms with Crippen molar-refractivity contribution in [3.63, 3.8) is 0 Å². The van der Waals surface area contributed by atoms with Gasteiger partial charge in [-0.2, -0.15) is 0 Å². The second-order valence-corrected chi connectivity index (χ2v) is 21.4. The van der Waals surface area contributed by atoms with Crippen LogP contribution < -0.4 is 20.1 Å². The Hall–Kier alpha value is -7.41. The fraction of sp³-hybridized carbons (Fsp3) is 0.464. The molecule has 0 bridgehead atoms. The summed E-state index contributed by atoms with van der Waals surface area (Å²) in [5, 5.41) is 6.40. The number of aryl methyl sites for hydroxylation is 1. The molecule has 3 saturated heterocycles. The van der Waals surface area contributed by atoms with E-state index in [1.54, 1.807) is 17.3 Å². The number of likely N-dealkylation sites (tertiary alicyclic amines) is 2. The number of alkyl carbamates (subject to hydrolysis) is 2. The van der Waals surface area contributed by atoms with Crippen molar-refractivity contribution in [2.45, 2.75) is 115 Å². The molecular weight excluding hydrogens is 962 g/mol.